The van der Waals surface area contributed by atoms with Crippen molar-refractivity contribution in [1.29, 1.82) is 0 Å². The highest BCUT2D eigenvalue weighted by molar-refractivity contribution is 7.14. The fourth-order valence-electron chi connectivity index (χ4n) is 3.21. The Morgan fingerprint density at radius 3 is 2.71 bits per heavy atom. The second-order valence-corrected chi connectivity index (χ2v) is 7.70. The molecule has 5 nitrogen and oxygen atoms in total. The van der Waals surface area contributed by atoms with Crippen LogP contribution in [0, 0.1) is 5.82 Å². The summed E-state index contributed by atoms with van der Waals surface area (Å²) in [5.41, 5.74) is 2.27. The summed E-state index contributed by atoms with van der Waals surface area (Å²) in [4.78, 5) is 36.9. The van der Waals surface area contributed by atoms with Gasteiger partial charge in [-0.1, -0.05) is 30.3 Å². The van der Waals surface area contributed by atoms with Gasteiger partial charge in [0, 0.05) is 29.2 Å². The molecule has 4 aromatic rings. The van der Waals surface area contributed by atoms with Crippen molar-refractivity contribution >= 4 is 23.5 Å². The van der Waals surface area contributed by atoms with Crippen molar-refractivity contribution in [2.45, 2.75) is 6.54 Å². The maximum atomic E-state index is 14.1. The molecular formula is C24H17FN2O3S. The second-order valence-electron chi connectivity index (χ2n) is 6.78. The molecule has 2 heterocycles. The second kappa shape index (κ2) is 8.89. The third-order valence-corrected chi connectivity index (χ3v) is 5.73. The fourth-order valence-corrected chi connectivity index (χ4v) is 4.08. The number of aromatic nitrogens is 1. The summed E-state index contributed by atoms with van der Waals surface area (Å²) in [6, 6.07) is 17.9. The van der Waals surface area contributed by atoms with Crippen molar-refractivity contribution < 1.29 is 14.0 Å². The van der Waals surface area contributed by atoms with Crippen molar-refractivity contribution in [2.75, 3.05) is 0 Å². The van der Waals surface area contributed by atoms with Crippen molar-refractivity contribution in [1.82, 2.24) is 9.88 Å². The molecule has 0 aliphatic heterocycles. The lowest BCUT2D eigenvalue weighted by Crippen LogP contribution is -2.26. The summed E-state index contributed by atoms with van der Waals surface area (Å²) < 4.78 is 15.2. The van der Waals surface area contributed by atoms with E-state index in [1.807, 2.05) is 29.6 Å². The number of amides is 1. The highest BCUT2D eigenvalue weighted by Gasteiger charge is 2.12. The summed E-state index contributed by atoms with van der Waals surface area (Å²) in [5, 5.41) is 4.67. The predicted octanol–water partition coefficient (Wildman–Crippen LogP) is 4.45. The van der Waals surface area contributed by atoms with Gasteiger partial charge in [-0.2, -0.15) is 0 Å². The quantitative estimate of drug-likeness (QED) is 0.458. The lowest BCUT2D eigenvalue weighted by atomic mass is 10.1. The zero-order valence-corrected chi connectivity index (χ0v) is 17.1. The number of thiophene rings is 1. The number of pyridine rings is 1. The monoisotopic (exact) mass is 432 g/mol. The minimum absolute atomic E-state index is 0.0804. The van der Waals surface area contributed by atoms with Gasteiger partial charge in [-0.15, -0.1) is 11.3 Å². The van der Waals surface area contributed by atoms with Gasteiger partial charge in [-0.25, -0.2) is 4.39 Å². The molecule has 154 valence electrons. The van der Waals surface area contributed by atoms with E-state index >= 15 is 0 Å². The molecule has 1 N–H and O–H groups in total. The van der Waals surface area contributed by atoms with Gasteiger partial charge < -0.3 is 5.32 Å². The van der Waals surface area contributed by atoms with Gasteiger partial charge in [0.05, 0.1) is 11.3 Å². The molecule has 1 amide bonds. The van der Waals surface area contributed by atoms with Gasteiger partial charge >= 0.3 is 0 Å². The number of carbonyl (C=O) groups is 2. The smallest absolute Gasteiger partial charge is 0.255 e. The first-order chi connectivity index (χ1) is 15.1. The third-order valence-electron chi connectivity index (χ3n) is 4.75. The molecule has 0 aliphatic rings. The van der Waals surface area contributed by atoms with E-state index in [9.17, 15) is 18.8 Å². The molecule has 2 aromatic heterocycles. The summed E-state index contributed by atoms with van der Waals surface area (Å²) in [5.74, 6) is -0.942. The number of aldehydes is 1. The van der Waals surface area contributed by atoms with E-state index in [2.05, 4.69) is 5.32 Å². The minimum Gasteiger partial charge on any atom is -0.348 e. The van der Waals surface area contributed by atoms with Gasteiger partial charge in [0.15, 0.2) is 6.29 Å². The molecular weight excluding hydrogens is 415 g/mol. The van der Waals surface area contributed by atoms with Crippen molar-refractivity contribution in [2.24, 2.45) is 0 Å². The fraction of sp³-hybridized carbons (Fsp3) is 0.0417. The maximum Gasteiger partial charge on any atom is 0.255 e. The summed E-state index contributed by atoms with van der Waals surface area (Å²) in [7, 11) is 0. The Hall–Kier alpha value is -3.84. The number of hydrogen-bond acceptors (Lipinski definition) is 4. The molecule has 0 unspecified atom stereocenters. The van der Waals surface area contributed by atoms with Gasteiger partial charge in [0.1, 0.15) is 5.82 Å². The molecule has 7 heteroatoms. The Morgan fingerprint density at radius 2 is 1.90 bits per heavy atom. The Bertz CT molecular complexity index is 1330. The van der Waals surface area contributed by atoms with Crippen molar-refractivity contribution in [3.63, 3.8) is 0 Å². The number of halogens is 1. The van der Waals surface area contributed by atoms with Crippen LogP contribution < -0.4 is 10.9 Å². The summed E-state index contributed by atoms with van der Waals surface area (Å²) in [6.45, 7) is 0.257. The van der Waals surface area contributed by atoms with E-state index in [0.29, 0.717) is 5.56 Å². The van der Waals surface area contributed by atoms with Crippen molar-refractivity contribution in [3.05, 3.63) is 111 Å². The average Bonchev–Trinajstić information content (AvgIpc) is 3.27. The van der Waals surface area contributed by atoms with Crippen LogP contribution in [0.5, 0.6) is 0 Å². The molecule has 2 aromatic carbocycles. The van der Waals surface area contributed by atoms with Crippen LogP contribution in [0.4, 0.5) is 4.39 Å². The number of carbonyl (C=O) groups excluding carboxylic acids is 2. The Labute approximate surface area is 181 Å². The van der Waals surface area contributed by atoms with E-state index in [1.54, 1.807) is 12.1 Å². The number of rotatable bonds is 6. The van der Waals surface area contributed by atoms with E-state index in [4.69, 9.17) is 0 Å². The maximum absolute atomic E-state index is 14.1. The van der Waals surface area contributed by atoms with Crippen LogP contribution in [-0.2, 0) is 6.54 Å². The van der Waals surface area contributed by atoms with Crippen LogP contribution in [0.25, 0.3) is 16.1 Å². The molecule has 0 saturated carbocycles. The predicted molar refractivity (Wildman–Crippen MR) is 118 cm³/mol. The molecule has 0 radical (unpaired) electrons. The molecule has 0 fully saturated rings. The zero-order chi connectivity index (χ0) is 21.8. The molecule has 0 spiro atoms. The van der Waals surface area contributed by atoms with Crippen molar-refractivity contribution in [3.8, 4) is 16.1 Å². The van der Waals surface area contributed by atoms with Gasteiger partial charge in [0.25, 0.3) is 11.5 Å². The van der Waals surface area contributed by atoms with Crippen LogP contribution in [0.1, 0.15) is 26.3 Å². The normalized spacial score (nSPS) is 10.6. The number of nitrogens with one attached hydrogen (secondary N) is 1. The summed E-state index contributed by atoms with van der Waals surface area (Å²) in [6.07, 6.45) is 2.15. The van der Waals surface area contributed by atoms with E-state index in [-0.39, 0.29) is 23.7 Å². The highest BCUT2D eigenvalue weighted by Crippen LogP contribution is 2.29. The van der Waals surface area contributed by atoms with E-state index in [0.717, 1.165) is 26.9 Å². The molecule has 0 atom stereocenters. The van der Waals surface area contributed by atoms with Crippen LogP contribution in [0.3, 0.4) is 0 Å². The topological polar surface area (TPSA) is 68.2 Å². The lowest BCUT2D eigenvalue weighted by Gasteiger charge is -2.10. The minimum atomic E-state index is -0.553. The van der Waals surface area contributed by atoms with E-state index < -0.39 is 11.4 Å². The third kappa shape index (κ3) is 4.36. The molecule has 4 rings (SSSR count). The lowest BCUT2D eigenvalue weighted by molar-refractivity contribution is 0.0950. The van der Waals surface area contributed by atoms with Crippen LogP contribution >= 0.6 is 11.3 Å². The summed E-state index contributed by atoms with van der Waals surface area (Å²) >= 11 is 1.48. The number of hydrogen-bond donors (Lipinski definition) is 1. The number of nitrogens with zero attached hydrogens (tertiary/aromatic N) is 1. The van der Waals surface area contributed by atoms with Gasteiger partial charge in [0.2, 0.25) is 0 Å². The van der Waals surface area contributed by atoms with Crippen LogP contribution in [0.15, 0.2) is 83.1 Å². The Kier molecular flexibility index (Phi) is 5.86. The first-order valence-electron chi connectivity index (χ1n) is 9.44. The largest absolute Gasteiger partial charge is 0.348 e. The average molecular weight is 432 g/mol. The zero-order valence-electron chi connectivity index (χ0n) is 16.2. The Morgan fingerprint density at radius 1 is 1.06 bits per heavy atom. The number of benzene rings is 2. The van der Waals surface area contributed by atoms with Gasteiger partial charge in [-0.05, 0) is 46.8 Å². The van der Waals surface area contributed by atoms with Crippen LogP contribution in [0.2, 0.25) is 0 Å². The molecule has 0 aliphatic carbocycles. The van der Waals surface area contributed by atoms with E-state index in [1.165, 1.54) is 47.9 Å². The SMILES string of the molecule is O=Cc1ccsc1-c1cccc(CNC(=O)c2ccc(=O)n(-c3ccccc3F)c2)c1. The molecule has 31 heavy (non-hydrogen) atoms. The first-order valence-corrected chi connectivity index (χ1v) is 10.3. The number of para-hydroxylation sites is 1. The molecule has 0 bridgehead atoms. The van der Waals surface area contributed by atoms with Gasteiger partial charge in [-0.3, -0.25) is 19.0 Å². The highest BCUT2D eigenvalue weighted by atomic mass is 32.1. The Balaban J connectivity index is 1.53. The molecule has 0 saturated heterocycles. The standard InChI is InChI=1S/C24H17FN2O3S/c25-20-6-1-2-7-21(20)27-14-18(8-9-22(27)29)24(30)26-13-16-4-3-5-17(12-16)23-19(15-28)10-11-31-23/h1-12,14-15H,13H2,(H,26,30). The first kappa shape index (κ1) is 20.4. The van der Waals surface area contributed by atoms with Crippen LogP contribution in [-0.4, -0.2) is 16.8 Å².